The minimum Gasteiger partial charge on any atom is -0.472 e. The van der Waals surface area contributed by atoms with Gasteiger partial charge in [-0.25, -0.2) is 13.1 Å². The number of nitrogens with one attached hydrogen (secondary N) is 1. The maximum absolute atomic E-state index is 11.6. The van der Waals surface area contributed by atoms with Crippen LogP contribution >= 0.6 is 0 Å². The second-order valence-corrected chi connectivity index (χ2v) is 6.80. The van der Waals surface area contributed by atoms with Gasteiger partial charge < -0.3 is 4.42 Å². The average Bonchev–Trinajstić information content (AvgIpc) is 2.91. The molecule has 0 radical (unpaired) electrons. The van der Waals surface area contributed by atoms with E-state index in [9.17, 15) is 8.42 Å². The smallest absolute Gasteiger partial charge is 0.214 e. The lowest BCUT2D eigenvalue weighted by Crippen LogP contribution is -2.30. The topological polar surface area (TPSA) is 72.2 Å². The molecule has 5 nitrogen and oxygen atoms in total. The predicted molar refractivity (Wildman–Crippen MR) is 72.8 cm³/mol. The summed E-state index contributed by atoms with van der Waals surface area (Å²) >= 11 is 0. The first-order valence-electron chi connectivity index (χ1n) is 5.95. The monoisotopic (exact) mass is 280 g/mol. The molecule has 0 fully saturated rings. The summed E-state index contributed by atoms with van der Waals surface area (Å²) < 4.78 is 30.8. The minimum atomic E-state index is -3.24. The first-order valence-corrected chi connectivity index (χ1v) is 7.49. The van der Waals surface area contributed by atoms with Gasteiger partial charge >= 0.3 is 0 Å². The summed E-state index contributed by atoms with van der Waals surface area (Å²) in [6, 6.07) is 5.51. The largest absolute Gasteiger partial charge is 0.472 e. The van der Waals surface area contributed by atoms with E-state index in [2.05, 4.69) is 9.71 Å². The van der Waals surface area contributed by atoms with Gasteiger partial charge in [0.05, 0.1) is 23.5 Å². The maximum atomic E-state index is 11.6. The van der Waals surface area contributed by atoms with Gasteiger partial charge in [-0.15, -0.1) is 0 Å². The number of furan rings is 1. The Morgan fingerprint density at radius 2 is 2.11 bits per heavy atom. The highest BCUT2D eigenvalue weighted by Gasteiger charge is 2.14. The second kappa shape index (κ2) is 5.54. The fraction of sp³-hybridized carbons (Fsp3) is 0.308. The van der Waals surface area contributed by atoms with E-state index < -0.39 is 15.3 Å². The molecule has 6 heteroatoms. The van der Waals surface area contributed by atoms with Crippen LogP contribution in [-0.2, 0) is 16.6 Å². The maximum Gasteiger partial charge on any atom is 0.214 e. The van der Waals surface area contributed by atoms with Crippen LogP contribution in [0.25, 0.3) is 11.3 Å². The number of nitrogens with zero attached hydrogens (tertiary/aromatic N) is 1. The Morgan fingerprint density at radius 3 is 2.63 bits per heavy atom. The van der Waals surface area contributed by atoms with Crippen LogP contribution in [0.5, 0.6) is 0 Å². The summed E-state index contributed by atoms with van der Waals surface area (Å²) in [4.78, 5) is 4.27. The van der Waals surface area contributed by atoms with Crippen LogP contribution in [0, 0.1) is 0 Å². The molecule has 0 saturated heterocycles. The van der Waals surface area contributed by atoms with Crippen molar-refractivity contribution >= 4 is 10.0 Å². The zero-order chi connectivity index (χ0) is 13.9. The van der Waals surface area contributed by atoms with Crippen molar-refractivity contribution in [2.75, 3.05) is 0 Å². The SMILES string of the molecule is CC(C)S(=O)(=O)NCc1ccc(-c2ccoc2)nc1. The number of hydrogen-bond acceptors (Lipinski definition) is 4. The second-order valence-electron chi connectivity index (χ2n) is 4.48. The van der Waals surface area contributed by atoms with E-state index in [0.29, 0.717) is 0 Å². The van der Waals surface area contributed by atoms with E-state index in [1.165, 1.54) is 0 Å². The van der Waals surface area contributed by atoms with Gasteiger partial charge in [0.1, 0.15) is 0 Å². The molecule has 0 bridgehead atoms. The summed E-state index contributed by atoms with van der Waals surface area (Å²) in [6.07, 6.45) is 4.86. The molecule has 0 atom stereocenters. The van der Waals surface area contributed by atoms with Crippen LogP contribution in [0.4, 0.5) is 0 Å². The average molecular weight is 280 g/mol. The first-order chi connectivity index (χ1) is 8.99. The van der Waals surface area contributed by atoms with E-state index >= 15 is 0 Å². The van der Waals surface area contributed by atoms with Gasteiger partial charge in [0.15, 0.2) is 0 Å². The summed E-state index contributed by atoms with van der Waals surface area (Å²) in [6.45, 7) is 3.53. The van der Waals surface area contributed by atoms with Crippen molar-refractivity contribution in [2.45, 2.75) is 25.6 Å². The van der Waals surface area contributed by atoms with E-state index in [4.69, 9.17) is 4.42 Å². The lowest BCUT2D eigenvalue weighted by Gasteiger charge is -2.09. The molecule has 0 aliphatic carbocycles. The van der Waals surface area contributed by atoms with Crippen molar-refractivity contribution in [2.24, 2.45) is 0 Å². The highest BCUT2D eigenvalue weighted by atomic mass is 32.2. The number of sulfonamides is 1. The van der Waals surface area contributed by atoms with Gasteiger partial charge in [-0.3, -0.25) is 4.98 Å². The molecule has 2 aromatic heterocycles. The molecule has 0 unspecified atom stereocenters. The summed E-state index contributed by atoms with van der Waals surface area (Å²) in [5, 5.41) is -0.439. The van der Waals surface area contributed by atoms with E-state index in [1.807, 2.05) is 18.2 Å². The van der Waals surface area contributed by atoms with E-state index in [0.717, 1.165) is 16.8 Å². The molecule has 0 aliphatic heterocycles. The Hall–Kier alpha value is -1.66. The lowest BCUT2D eigenvalue weighted by atomic mass is 10.2. The van der Waals surface area contributed by atoms with Gasteiger partial charge in [-0.1, -0.05) is 6.07 Å². The number of rotatable bonds is 5. The molecule has 0 amide bonds. The molecule has 0 saturated carbocycles. The molecule has 2 rings (SSSR count). The highest BCUT2D eigenvalue weighted by molar-refractivity contribution is 7.90. The van der Waals surface area contributed by atoms with Crippen molar-refractivity contribution in [3.63, 3.8) is 0 Å². The standard InChI is InChI=1S/C13H16N2O3S/c1-10(2)19(16,17)15-8-11-3-4-13(14-7-11)12-5-6-18-9-12/h3-7,9-10,15H,8H2,1-2H3. The normalized spacial score (nSPS) is 11.9. The fourth-order valence-electron chi connectivity index (χ4n) is 1.46. The fourth-order valence-corrected chi connectivity index (χ4v) is 2.16. The van der Waals surface area contributed by atoms with Crippen LogP contribution in [0.15, 0.2) is 41.3 Å². The molecule has 0 aromatic carbocycles. The molecule has 102 valence electrons. The number of aromatic nitrogens is 1. The van der Waals surface area contributed by atoms with Gasteiger partial charge in [0.25, 0.3) is 0 Å². The molecule has 0 spiro atoms. The third-order valence-corrected chi connectivity index (χ3v) is 4.53. The van der Waals surface area contributed by atoms with Gasteiger partial charge in [0, 0.05) is 18.3 Å². The van der Waals surface area contributed by atoms with Crippen molar-refractivity contribution in [1.29, 1.82) is 0 Å². The molecule has 1 N–H and O–H groups in total. The summed E-state index contributed by atoms with van der Waals surface area (Å²) in [5.74, 6) is 0. The van der Waals surface area contributed by atoms with Crippen molar-refractivity contribution in [1.82, 2.24) is 9.71 Å². The first kappa shape index (κ1) is 13.8. The molecular weight excluding hydrogens is 264 g/mol. The summed E-state index contributed by atoms with van der Waals surface area (Å²) in [7, 11) is -3.24. The lowest BCUT2D eigenvalue weighted by molar-refractivity contribution is 0.568. The van der Waals surface area contributed by atoms with Gasteiger partial charge in [-0.2, -0.15) is 0 Å². The van der Waals surface area contributed by atoms with Gasteiger partial charge in [-0.05, 0) is 31.5 Å². The van der Waals surface area contributed by atoms with E-state index in [-0.39, 0.29) is 6.54 Å². The van der Waals surface area contributed by atoms with Crippen molar-refractivity contribution in [3.05, 3.63) is 42.5 Å². The highest BCUT2D eigenvalue weighted by Crippen LogP contribution is 2.17. The number of pyridine rings is 1. The molecule has 0 aliphatic rings. The zero-order valence-electron chi connectivity index (χ0n) is 10.8. The predicted octanol–water partition coefficient (Wildman–Crippen LogP) is 2.17. The van der Waals surface area contributed by atoms with Crippen LogP contribution in [0.3, 0.4) is 0 Å². The van der Waals surface area contributed by atoms with Crippen LogP contribution < -0.4 is 4.72 Å². The van der Waals surface area contributed by atoms with Crippen molar-refractivity contribution in [3.8, 4) is 11.3 Å². The number of hydrogen-bond donors (Lipinski definition) is 1. The molecule has 2 heterocycles. The Bertz CT molecular complexity index is 616. The third kappa shape index (κ3) is 3.42. The van der Waals surface area contributed by atoms with Crippen molar-refractivity contribution < 1.29 is 12.8 Å². The van der Waals surface area contributed by atoms with Crippen LogP contribution in [0.2, 0.25) is 0 Å². The molecule has 19 heavy (non-hydrogen) atoms. The Kier molecular flexibility index (Phi) is 4.01. The minimum absolute atomic E-state index is 0.249. The van der Waals surface area contributed by atoms with Crippen LogP contribution in [-0.4, -0.2) is 18.7 Å². The Labute approximate surface area is 112 Å². The Balaban J connectivity index is 2.04. The molecule has 2 aromatic rings. The van der Waals surface area contributed by atoms with Crippen LogP contribution in [0.1, 0.15) is 19.4 Å². The van der Waals surface area contributed by atoms with E-state index in [1.54, 1.807) is 32.6 Å². The quantitative estimate of drug-likeness (QED) is 0.911. The summed E-state index contributed by atoms with van der Waals surface area (Å²) in [5.41, 5.74) is 2.51. The third-order valence-electron chi connectivity index (χ3n) is 2.74. The Morgan fingerprint density at radius 1 is 1.32 bits per heavy atom. The van der Waals surface area contributed by atoms with Gasteiger partial charge in [0.2, 0.25) is 10.0 Å². The molecular formula is C13H16N2O3S. The zero-order valence-corrected chi connectivity index (χ0v) is 11.6.